The Morgan fingerprint density at radius 3 is 2.35 bits per heavy atom. The highest BCUT2D eigenvalue weighted by atomic mass is 19.1. The van der Waals surface area contributed by atoms with Crippen LogP contribution in [0.25, 0.3) is 0 Å². The lowest BCUT2D eigenvalue weighted by Gasteiger charge is -2.07. The normalized spacial score (nSPS) is 10.4. The number of carbonyl (C=O) groups excluding carboxylic acids is 2. The Hall–Kier alpha value is -2.49. The van der Waals surface area contributed by atoms with Gasteiger partial charge in [0.15, 0.2) is 5.78 Å². The molecule has 2 aromatic rings. The average Bonchev–Trinajstić information content (AvgIpc) is 2.55. The third kappa shape index (κ3) is 4.74. The number of anilines is 1. The van der Waals surface area contributed by atoms with Crippen LogP contribution in [-0.4, -0.2) is 11.7 Å². The summed E-state index contributed by atoms with van der Waals surface area (Å²) in [7, 11) is 0. The van der Waals surface area contributed by atoms with Crippen molar-refractivity contribution in [1.82, 2.24) is 0 Å². The number of benzene rings is 2. The molecule has 0 saturated carbocycles. The van der Waals surface area contributed by atoms with Crippen molar-refractivity contribution in [3.8, 4) is 0 Å². The zero-order valence-corrected chi connectivity index (χ0v) is 13.4. The molecule has 120 valence electrons. The van der Waals surface area contributed by atoms with Gasteiger partial charge in [0.2, 0.25) is 5.91 Å². The van der Waals surface area contributed by atoms with Crippen LogP contribution in [0.15, 0.2) is 42.5 Å². The molecule has 0 spiro atoms. The third-order valence-corrected chi connectivity index (χ3v) is 3.66. The van der Waals surface area contributed by atoms with E-state index in [0.29, 0.717) is 5.56 Å². The molecular formula is C19H20FNO2. The molecule has 2 aromatic carbocycles. The van der Waals surface area contributed by atoms with E-state index in [2.05, 4.69) is 5.32 Å². The maximum absolute atomic E-state index is 13.7. The van der Waals surface area contributed by atoms with Gasteiger partial charge in [0.1, 0.15) is 5.82 Å². The highest BCUT2D eigenvalue weighted by Gasteiger charge is 2.11. The minimum atomic E-state index is -0.472. The van der Waals surface area contributed by atoms with Crippen LogP contribution >= 0.6 is 0 Å². The molecule has 1 N–H and O–H groups in total. The second-order valence-corrected chi connectivity index (χ2v) is 5.51. The summed E-state index contributed by atoms with van der Waals surface area (Å²) in [6, 6.07) is 12.0. The van der Waals surface area contributed by atoms with Gasteiger partial charge in [0, 0.05) is 18.4 Å². The molecule has 2 rings (SSSR count). The number of aryl methyl sites for hydroxylation is 2. The molecule has 0 atom stereocenters. The van der Waals surface area contributed by atoms with Crippen molar-refractivity contribution in [3.05, 3.63) is 65.0 Å². The van der Waals surface area contributed by atoms with Crippen molar-refractivity contribution >= 4 is 17.4 Å². The summed E-state index contributed by atoms with van der Waals surface area (Å²) in [5, 5.41) is 2.50. The summed E-state index contributed by atoms with van der Waals surface area (Å²) in [5.74, 6) is -0.932. The minimum absolute atomic E-state index is 0.0294. The summed E-state index contributed by atoms with van der Waals surface area (Å²) in [4.78, 5) is 23.9. The molecule has 0 aliphatic carbocycles. The van der Waals surface area contributed by atoms with Gasteiger partial charge in [-0.2, -0.15) is 0 Å². The smallest absolute Gasteiger partial charge is 0.224 e. The van der Waals surface area contributed by atoms with Gasteiger partial charge < -0.3 is 5.32 Å². The first-order valence-corrected chi connectivity index (χ1v) is 7.67. The molecule has 4 heteroatoms. The van der Waals surface area contributed by atoms with E-state index in [1.54, 1.807) is 25.1 Å². The number of carbonyl (C=O) groups is 2. The second kappa shape index (κ2) is 7.68. The van der Waals surface area contributed by atoms with Crippen molar-refractivity contribution < 1.29 is 14.0 Å². The fraction of sp³-hybridized carbons (Fsp3) is 0.263. The summed E-state index contributed by atoms with van der Waals surface area (Å²) >= 11 is 0. The molecule has 0 aromatic heterocycles. The fourth-order valence-electron chi connectivity index (χ4n) is 2.23. The molecule has 23 heavy (non-hydrogen) atoms. The minimum Gasteiger partial charge on any atom is -0.324 e. The predicted octanol–water partition coefficient (Wildman–Crippen LogP) is 4.30. The predicted molar refractivity (Wildman–Crippen MR) is 89.2 cm³/mol. The standard InChI is InChI=1S/C19H20FNO2/c1-3-14-5-7-15(8-6-14)18(22)10-11-19(23)21-17-9-4-13(2)12-16(17)20/h4-9,12H,3,10-11H2,1-2H3,(H,21,23). The van der Waals surface area contributed by atoms with E-state index in [4.69, 9.17) is 0 Å². The molecule has 1 amide bonds. The van der Waals surface area contributed by atoms with Crippen LogP contribution in [0.4, 0.5) is 10.1 Å². The van der Waals surface area contributed by atoms with E-state index in [1.165, 1.54) is 12.1 Å². The van der Waals surface area contributed by atoms with Gasteiger partial charge in [-0.05, 0) is 36.6 Å². The summed E-state index contributed by atoms with van der Waals surface area (Å²) in [5.41, 5.74) is 2.68. The zero-order valence-electron chi connectivity index (χ0n) is 13.4. The number of nitrogens with one attached hydrogen (secondary N) is 1. The van der Waals surface area contributed by atoms with Crippen LogP contribution in [0.2, 0.25) is 0 Å². The van der Waals surface area contributed by atoms with E-state index in [9.17, 15) is 14.0 Å². The fourth-order valence-corrected chi connectivity index (χ4v) is 2.23. The third-order valence-electron chi connectivity index (χ3n) is 3.66. The Morgan fingerprint density at radius 2 is 1.74 bits per heavy atom. The molecule has 0 heterocycles. The largest absolute Gasteiger partial charge is 0.324 e. The lowest BCUT2D eigenvalue weighted by Crippen LogP contribution is -2.14. The molecule has 0 aliphatic rings. The number of hydrogen-bond acceptors (Lipinski definition) is 2. The maximum atomic E-state index is 13.7. The highest BCUT2D eigenvalue weighted by molar-refractivity contribution is 6.00. The lowest BCUT2D eigenvalue weighted by molar-refractivity contribution is -0.116. The van der Waals surface area contributed by atoms with Gasteiger partial charge in [-0.1, -0.05) is 37.3 Å². The van der Waals surface area contributed by atoms with Crippen molar-refractivity contribution in [2.24, 2.45) is 0 Å². The Morgan fingerprint density at radius 1 is 1.04 bits per heavy atom. The zero-order chi connectivity index (χ0) is 16.8. The SMILES string of the molecule is CCc1ccc(C(=O)CCC(=O)Nc2ccc(C)cc2F)cc1. The number of amides is 1. The van der Waals surface area contributed by atoms with E-state index in [0.717, 1.165) is 17.5 Å². The Bertz CT molecular complexity index is 708. The van der Waals surface area contributed by atoms with Crippen LogP contribution in [0.3, 0.4) is 0 Å². The monoisotopic (exact) mass is 313 g/mol. The van der Waals surface area contributed by atoms with Crippen LogP contribution in [0, 0.1) is 12.7 Å². The van der Waals surface area contributed by atoms with E-state index in [1.807, 2.05) is 19.1 Å². The average molecular weight is 313 g/mol. The van der Waals surface area contributed by atoms with E-state index in [-0.39, 0.29) is 30.2 Å². The Labute approximate surface area is 135 Å². The number of hydrogen-bond donors (Lipinski definition) is 1. The Kier molecular flexibility index (Phi) is 5.63. The van der Waals surface area contributed by atoms with Gasteiger partial charge in [-0.25, -0.2) is 4.39 Å². The number of ketones is 1. The van der Waals surface area contributed by atoms with Gasteiger partial charge >= 0.3 is 0 Å². The Balaban J connectivity index is 1.89. The van der Waals surface area contributed by atoms with Crippen molar-refractivity contribution in [3.63, 3.8) is 0 Å². The van der Waals surface area contributed by atoms with Crippen LogP contribution < -0.4 is 5.32 Å². The van der Waals surface area contributed by atoms with Gasteiger partial charge in [0.25, 0.3) is 0 Å². The van der Waals surface area contributed by atoms with Crippen molar-refractivity contribution in [2.75, 3.05) is 5.32 Å². The number of halogens is 1. The van der Waals surface area contributed by atoms with Crippen LogP contribution in [0.5, 0.6) is 0 Å². The van der Waals surface area contributed by atoms with E-state index >= 15 is 0 Å². The summed E-state index contributed by atoms with van der Waals surface area (Å²) in [6.07, 6.45) is 1.05. The molecule has 0 unspecified atom stereocenters. The maximum Gasteiger partial charge on any atom is 0.224 e. The summed E-state index contributed by atoms with van der Waals surface area (Å²) < 4.78 is 13.7. The molecule has 0 saturated heterocycles. The van der Waals surface area contributed by atoms with Gasteiger partial charge in [-0.3, -0.25) is 9.59 Å². The lowest BCUT2D eigenvalue weighted by atomic mass is 10.0. The van der Waals surface area contributed by atoms with Gasteiger partial charge in [0.05, 0.1) is 5.69 Å². The number of rotatable bonds is 6. The topological polar surface area (TPSA) is 46.2 Å². The molecule has 3 nitrogen and oxygen atoms in total. The van der Waals surface area contributed by atoms with Crippen LogP contribution in [0.1, 0.15) is 41.3 Å². The van der Waals surface area contributed by atoms with E-state index < -0.39 is 5.82 Å². The molecule has 0 fully saturated rings. The first kappa shape index (κ1) is 16.9. The molecule has 0 bridgehead atoms. The van der Waals surface area contributed by atoms with Crippen molar-refractivity contribution in [2.45, 2.75) is 33.1 Å². The van der Waals surface area contributed by atoms with Crippen LogP contribution in [-0.2, 0) is 11.2 Å². The molecule has 0 aliphatic heterocycles. The molecular weight excluding hydrogens is 293 g/mol. The van der Waals surface area contributed by atoms with Gasteiger partial charge in [-0.15, -0.1) is 0 Å². The summed E-state index contributed by atoms with van der Waals surface area (Å²) in [6.45, 7) is 3.82. The van der Waals surface area contributed by atoms with Crippen molar-refractivity contribution in [1.29, 1.82) is 0 Å². The first-order chi connectivity index (χ1) is 11.0. The number of Topliss-reactive ketones (excluding diaryl/α,β-unsaturated/α-hetero) is 1. The first-order valence-electron chi connectivity index (χ1n) is 7.67. The highest BCUT2D eigenvalue weighted by Crippen LogP contribution is 2.16. The second-order valence-electron chi connectivity index (χ2n) is 5.51. The molecule has 0 radical (unpaired) electrons. The quantitative estimate of drug-likeness (QED) is 0.808.